The van der Waals surface area contributed by atoms with Crippen LogP contribution in [0.2, 0.25) is 0 Å². The first-order valence-electron chi connectivity index (χ1n) is 14.0. The second kappa shape index (κ2) is 9.58. The Morgan fingerprint density at radius 2 is 1.79 bits per heavy atom. The van der Waals surface area contributed by atoms with Crippen LogP contribution in [0.1, 0.15) is 29.5 Å². The van der Waals surface area contributed by atoms with Gasteiger partial charge in [-0.05, 0) is 78.8 Å². The van der Waals surface area contributed by atoms with E-state index in [0.717, 1.165) is 33.3 Å². The maximum atomic E-state index is 13.8. The number of aryl methyl sites for hydroxylation is 2. The Balaban J connectivity index is 1.36. The molecule has 216 valence electrons. The van der Waals surface area contributed by atoms with Crippen LogP contribution in [0.25, 0.3) is 16.6 Å². The molecule has 1 aliphatic heterocycles. The molecule has 0 radical (unpaired) electrons. The highest BCUT2D eigenvalue weighted by Gasteiger charge is 2.62. The summed E-state index contributed by atoms with van der Waals surface area (Å²) in [5.74, 6) is -0.278. The Labute approximate surface area is 244 Å². The van der Waals surface area contributed by atoms with E-state index in [0.29, 0.717) is 25.9 Å². The smallest absolute Gasteiger partial charge is 0.246 e. The molecule has 5 aromatic rings. The summed E-state index contributed by atoms with van der Waals surface area (Å²) < 4.78 is 52.6. The number of sulfonamides is 1. The summed E-state index contributed by atoms with van der Waals surface area (Å²) in [4.78, 5) is 0.203. The van der Waals surface area contributed by atoms with Gasteiger partial charge in [0.15, 0.2) is 0 Å². The molecule has 3 aromatic carbocycles. The molecular formula is C32H32FN5O3S. The van der Waals surface area contributed by atoms with Crippen molar-refractivity contribution in [1.29, 1.82) is 0 Å². The fourth-order valence-corrected chi connectivity index (χ4v) is 8.91. The molecule has 1 saturated heterocycles. The molecule has 10 heteroatoms. The summed E-state index contributed by atoms with van der Waals surface area (Å²) in [6.07, 6.45) is 6.13. The van der Waals surface area contributed by atoms with E-state index >= 15 is 0 Å². The lowest BCUT2D eigenvalue weighted by atomic mass is 9.72. The Morgan fingerprint density at radius 1 is 1.02 bits per heavy atom. The van der Waals surface area contributed by atoms with E-state index in [1.807, 2.05) is 29.1 Å². The van der Waals surface area contributed by atoms with E-state index in [1.165, 1.54) is 23.0 Å². The molecule has 0 amide bonds. The Hall–Kier alpha value is -3.86. The van der Waals surface area contributed by atoms with Gasteiger partial charge >= 0.3 is 0 Å². The molecule has 0 N–H and O–H groups in total. The quantitative estimate of drug-likeness (QED) is 0.277. The lowest BCUT2D eigenvalue weighted by Gasteiger charge is -2.35. The number of halogens is 1. The third-order valence-electron chi connectivity index (χ3n) is 9.37. The monoisotopic (exact) mass is 585 g/mol. The number of benzene rings is 3. The van der Waals surface area contributed by atoms with Gasteiger partial charge in [0.25, 0.3) is 0 Å². The summed E-state index contributed by atoms with van der Waals surface area (Å²) in [6.45, 7) is 2.81. The predicted molar refractivity (Wildman–Crippen MR) is 157 cm³/mol. The van der Waals surface area contributed by atoms with Crippen LogP contribution < -0.4 is 0 Å². The van der Waals surface area contributed by atoms with E-state index in [9.17, 15) is 12.8 Å². The zero-order chi connectivity index (χ0) is 29.3. The van der Waals surface area contributed by atoms with Crippen molar-refractivity contribution in [1.82, 2.24) is 23.9 Å². The van der Waals surface area contributed by atoms with Crippen LogP contribution in [-0.2, 0) is 32.8 Å². The lowest BCUT2D eigenvalue weighted by Crippen LogP contribution is -2.38. The molecule has 8 nitrogen and oxygen atoms in total. The molecular weight excluding hydrogens is 553 g/mol. The van der Waals surface area contributed by atoms with Gasteiger partial charge in [-0.1, -0.05) is 30.3 Å². The average Bonchev–Trinajstić information content (AvgIpc) is 3.75. The fourth-order valence-electron chi connectivity index (χ4n) is 7.37. The van der Waals surface area contributed by atoms with Crippen molar-refractivity contribution in [2.75, 3.05) is 20.2 Å². The largest absolute Gasteiger partial charge is 0.373 e. The van der Waals surface area contributed by atoms with Gasteiger partial charge in [-0.25, -0.2) is 17.5 Å². The van der Waals surface area contributed by atoms with Crippen LogP contribution in [0.15, 0.2) is 90.2 Å². The maximum Gasteiger partial charge on any atom is 0.246 e. The van der Waals surface area contributed by atoms with Gasteiger partial charge < -0.3 is 4.74 Å². The Morgan fingerprint density at radius 3 is 2.48 bits per heavy atom. The van der Waals surface area contributed by atoms with Crippen molar-refractivity contribution in [2.45, 2.75) is 35.7 Å². The van der Waals surface area contributed by atoms with Crippen LogP contribution in [0.4, 0.5) is 4.39 Å². The van der Waals surface area contributed by atoms with Gasteiger partial charge in [-0.15, -0.1) is 0 Å². The van der Waals surface area contributed by atoms with Crippen molar-refractivity contribution in [3.63, 3.8) is 0 Å². The molecule has 1 aliphatic carbocycles. The van der Waals surface area contributed by atoms with Crippen LogP contribution in [0.3, 0.4) is 0 Å². The van der Waals surface area contributed by atoms with Crippen molar-refractivity contribution in [2.24, 2.45) is 13.0 Å². The highest BCUT2D eigenvalue weighted by molar-refractivity contribution is 7.89. The third-order valence-corrected chi connectivity index (χ3v) is 11.1. The van der Waals surface area contributed by atoms with Crippen LogP contribution in [-0.4, -0.2) is 52.5 Å². The van der Waals surface area contributed by atoms with E-state index in [4.69, 9.17) is 4.74 Å². The van der Waals surface area contributed by atoms with Crippen molar-refractivity contribution in [3.05, 3.63) is 108 Å². The summed E-state index contributed by atoms with van der Waals surface area (Å²) in [5.41, 5.74) is 3.91. The summed E-state index contributed by atoms with van der Waals surface area (Å²) in [5, 5.41) is 9.69. The highest BCUT2D eigenvalue weighted by atomic mass is 32.2. The molecule has 0 unspecified atom stereocenters. The van der Waals surface area contributed by atoms with Crippen LogP contribution in [0.5, 0.6) is 0 Å². The first-order chi connectivity index (χ1) is 20.1. The molecule has 42 heavy (non-hydrogen) atoms. The number of hydrogen-bond acceptors (Lipinski definition) is 5. The molecule has 2 aromatic heterocycles. The van der Waals surface area contributed by atoms with Gasteiger partial charge in [-0.2, -0.15) is 14.5 Å². The van der Waals surface area contributed by atoms with Gasteiger partial charge in [0.1, 0.15) is 10.7 Å². The molecule has 0 spiro atoms. The lowest BCUT2D eigenvalue weighted by molar-refractivity contribution is -0.0183. The second-order valence-electron chi connectivity index (χ2n) is 11.7. The number of nitrogens with zero attached hydrogens (tertiary/aromatic N) is 5. The number of methoxy groups -OCH3 is 1. The predicted octanol–water partition coefficient (Wildman–Crippen LogP) is 5.10. The van der Waals surface area contributed by atoms with Crippen molar-refractivity contribution >= 4 is 20.9 Å². The van der Waals surface area contributed by atoms with E-state index in [1.54, 1.807) is 36.8 Å². The SMILES string of the molecule is CO[C@]1(c2ccccc2)C[C@@H]2CN(S(=O)(=O)c3cnn(C)c3)C[C@]2(c2cc3cnn(-c4ccc(F)cc4)c3cc2C)C1. The van der Waals surface area contributed by atoms with E-state index in [-0.39, 0.29) is 16.6 Å². The standard InChI is InChI=1S/C32H32FN5O3S/c1-22-13-30-23(16-35-38(30)27-11-9-26(33)10-12-27)14-29(22)31-20-32(41-3,24-7-5-4-6-8-24)15-25(31)18-37(21-31)42(39,40)28-17-34-36(2)19-28/h4-14,16-17,19,25H,15,18,20-21H2,1-3H3/t25-,31-,32-/m1/s1. The van der Waals surface area contributed by atoms with Gasteiger partial charge in [0.2, 0.25) is 10.0 Å². The number of aromatic nitrogens is 4. The molecule has 2 aliphatic rings. The molecule has 0 bridgehead atoms. The van der Waals surface area contributed by atoms with E-state index < -0.39 is 21.0 Å². The summed E-state index contributed by atoms with van der Waals surface area (Å²) in [6, 6.07) is 20.8. The first-order valence-corrected chi connectivity index (χ1v) is 15.4. The highest BCUT2D eigenvalue weighted by Crippen LogP contribution is 2.60. The topological polar surface area (TPSA) is 82.2 Å². The Bertz CT molecular complexity index is 1900. The fraction of sp³-hybridized carbons (Fsp3) is 0.312. The minimum atomic E-state index is -3.74. The zero-order valence-electron chi connectivity index (χ0n) is 23.7. The minimum Gasteiger partial charge on any atom is -0.373 e. The number of ether oxygens (including phenoxy) is 1. The van der Waals surface area contributed by atoms with E-state index in [2.05, 4.69) is 41.4 Å². The maximum absolute atomic E-state index is 13.8. The first kappa shape index (κ1) is 27.0. The second-order valence-corrected chi connectivity index (χ2v) is 13.6. The molecule has 2 fully saturated rings. The average molecular weight is 586 g/mol. The summed E-state index contributed by atoms with van der Waals surface area (Å²) >= 11 is 0. The van der Waals surface area contributed by atoms with Gasteiger partial charge in [0.05, 0.1) is 29.2 Å². The normalized spacial score (nSPS) is 24.4. The number of fused-ring (bicyclic) bond motifs is 2. The molecule has 3 atom stereocenters. The molecule has 7 rings (SSSR count). The van der Waals surface area contributed by atoms with Crippen molar-refractivity contribution in [3.8, 4) is 5.69 Å². The van der Waals surface area contributed by atoms with Crippen LogP contribution >= 0.6 is 0 Å². The third kappa shape index (κ3) is 4.04. The zero-order valence-corrected chi connectivity index (χ0v) is 24.6. The Kier molecular flexibility index (Phi) is 6.16. The van der Waals surface area contributed by atoms with Crippen molar-refractivity contribution < 1.29 is 17.5 Å². The van der Waals surface area contributed by atoms with Crippen LogP contribution in [0, 0.1) is 18.7 Å². The minimum absolute atomic E-state index is 0.0207. The number of hydrogen-bond donors (Lipinski definition) is 0. The van der Waals surface area contributed by atoms with Gasteiger partial charge in [-0.3, -0.25) is 4.68 Å². The summed E-state index contributed by atoms with van der Waals surface area (Å²) in [7, 11) is -0.266. The molecule has 3 heterocycles. The number of rotatable bonds is 6. The van der Waals surface area contributed by atoms with Gasteiger partial charge in [0, 0.05) is 44.2 Å². The molecule has 1 saturated carbocycles.